The Hall–Kier alpha value is -0.770. The summed E-state index contributed by atoms with van der Waals surface area (Å²) in [5.41, 5.74) is 7.08. The maximum Gasteiger partial charge on any atom is 0.119 e. The third-order valence-corrected chi connectivity index (χ3v) is 2.97. The summed E-state index contributed by atoms with van der Waals surface area (Å²) in [5, 5.41) is 0. The van der Waals surface area contributed by atoms with Gasteiger partial charge in [-0.25, -0.2) is 0 Å². The molecule has 0 aliphatic carbocycles. The van der Waals surface area contributed by atoms with Gasteiger partial charge >= 0.3 is 0 Å². The molecule has 1 atom stereocenters. The summed E-state index contributed by atoms with van der Waals surface area (Å²) in [7, 11) is 0. The normalized spacial score (nSPS) is 20.0. The number of rotatable bonds is 4. The highest BCUT2D eigenvalue weighted by Gasteiger charge is 2.18. The lowest BCUT2D eigenvalue weighted by Gasteiger charge is -2.15. The van der Waals surface area contributed by atoms with Gasteiger partial charge in [-0.15, -0.1) is 12.4 Å². The summed E-state index contributed by atoms with van der Waals surface area (Å²) in [6.45, 7) is 5.92. The number of benzene rings is 1. The third kappa shape index (κ3) is 4.54. The Morgan fingerprint density at radius 1 is 1.47 bits per heavy atom. The van der Waals surface area contributed by atoms with Crippen LogP contribution < -0.4 is 10.5 Å². The predicted octanol–water partition coefficient (Wildman–Crippen LogP) is 1.83. The maximum atomic E-state index is 5.85. The largest absolute Gasteiger partial charge is 0.492 e. The van der Waals surface area contributed by atoms with Gasteiger partial charge in [0.2, 0.25) is 0 Å². The van der Waals surface area contributed by atoms with Crippen molar-refractivity contribution in [3.8, 4) is 5.75 Å². The van der Waals surface area contributed by atoms with Gasteiger partial charge < -0.3 is 10.5 Å². The van der Waals surface area contributed by atoms with Crippen molar-refractivity contribution in [1.29, 1.82) is 0 Å². The fourth-order valence-corrected chi connectivity index (χ4v) is 2.06. The molecule has 2 rings (SSSR count). The molecule has 1 aromatic carbocycles. The average Bonchev–Trinajstić information content (AvgIpc) is 2.64. The first-order chi connectivity index (χ1) is 7.74. The molecule has 0 amide bonds. The van der Waals surface area contributed by atoms with Crippen molar-refractivity contribution >= 4 is 12.4 Å². The van der Waals surface area contributed by atoms with E-state index < -0.39 is 0 Å². The maximum absolute atomic E-state index is 5.85. The zero-order valence-corrected chi connectivity index (χ0v) is 11.1. The number of nitrogens with zero attached hydrogens (tertiary/aromatic N) is 1. The highest BCUT2D eigenvalue weighted by molar-refractivity contribution is 5.85. The van der Waals surface area contributed by atoms with Crippen LogP contribution in [-0.4, -0.2) is 37.2 Å². The van der Waals surface area contributed by atoms with Crippen molar-refractivity contribution in [2.24, 2.45) is 5.73 Å². The molecule has 96 valence electrons. The molecule has 0 radical (unpaired) electrons. The minimum atomic E-state index is 0. The molecular formula is C13H21ClN2O. The van der Waals surface area contributed by atoms with Crippen LogP contribution in [0, 0.1) is 6.92 Å². The molecule has 1 heterocycles. The lowest BCUT2D eigenvalue weighted by atomic mass is 10.2. The van der Waals surface area contributed by atoms with E-state index in [2.05, 4.69) is 24.0 Å². The van der Waals surface area contributed by atoms with E-state index in [-0.39, 0.29) is 12.4 Å². The van der Waals surface area contributed by atoms with Crippen LogP contribution in [0.4, 0.5) is 0 Å². The summed E-state index contributed by atoms with van der Waals surface area (Å²) in [4.78, 5) is 2.36. The van der Waals surface area contributed by atoms with Crippen molar-refractivity contribution in [2.75, 3.05) is 26.2 Å². The van der Waals surface area contributed by atoms with E-state index >= 15 is 0 Å². The van der Waals surface area contributed by atoms with E-state index in [4.69, 9.17) is 10.5 Å². The molecule has 4 heteroatoms. The van der Waals surface area contributed by atoms with Gasteiger partial charge in [-0.3, -0.25) is 4.90 Å². The Bertz CT molecular complexity index is 346. The number of ether oxygens (including phenoxy) is 1. The fourth-order valence-electron chi connectivity index (χ4n) is 2.06. The van der Waals surface area contributed by atoms with E-state index in [1.165, 1.54) is 5.56 Å². The first-order valence-corrected chi connectivity index (χ1v) is 5.91. The Morgan fingerprint density at radius 2 is 2.29 bits per heavy atom. The van der Waals surface area contributed by atoms with Crippen molar-refractivity contribution in [1.82, 2.24) is 4.90 Å². The van der Waals surface area contributed by atoms with E-state index in [1.807, 2.05) is 12.1 Å². The number of likely N-dealkylation sites (tertiary alicyclic amines) is 1. The molecule has 17 heavy (non-hydrogen) atoms. The molecule has 0 bridgehead atoms. The van der Waals surface area contributed by atoms with Crippen LogP contribution in [-0.2, 0) is 0 Å². The summed E-state index contributed by atoms with van der Waals surface area (Å²) in [6, 6.07) is 8.53. The monoisotopic (exact) mass is 256 g/mol. The van der Waals surface area contributed by atoms with Gasteiger partial charge in [0.15, 0.2) is 0 Å². The molecule has 3 nitrogen and oxygen atoms in total. The highest BCUT2D eigenvalue weighted by Crippen LogP contribution is 2.12. The van der Waals surface area contributed by atoms with Crippen molar-refractivity contribution < 1.29 is 4.74 Å². The van der Waals surface area contributed by atoms with Gasteiger partial charge in [-0.1, -0.05) is 12.1 Å². The number of aryl methyl sites for hydroxylation is 1. The van der Waals surface area contributed by atoms with E-state index in [9.17, 15) is 0 Å². The molecule has 1 aliphatic rings. The molecular weight excluding hydrogens is 236 g/mol. The van der Waals surface area contributed by atoms with Crippen molar-refractivity contribution in [2.45, 2.75) is 19.4 Å². The van der Waals surface area contributed by atoms with Gasteiger partial charge in [0.25, 0.3) is 0 Å². The molecule has 0 spiro atoms. The van der Waals surface area contributed by atoms with Crippen LogP contribution in [0.3, 0.4) is 0 Å². The highest BCUT2D eigenvalue weighted by atomic mass is 35.5. The van der Waals surface area contributed by atoms with E-state index in [0.717, 1.165) is 38.4 Å². The van der Waals surface area contributed by atoms with Crippen LogP contribution in [0.5, 0.6) is 5.75 Å². The SMILES string of the molecule is Cc1cccc(OCCN2CC[C@@H](N)C2)c1.Cl. The standard InChI is InChI=1S/C13H20N2O.ClH/c1-11-3-2-4-13(9-11)16-8-7-15-6-5-12(14)10-15;/h2-4,9,12H,5-8,10,14H2,1H3;1H/t12-;/m1./s1. The Balaban J connectivity index is 0.00000144. The second kappa shape index (κ2) is 6.84. The second-order valence-electron chi connectivity index (χ2n) is 4.51. The topological polar surface area (TPSA) is 38.5 Å². The molecule has 0 unspecified atom stereocenters. The van der Waals surface area contributed by atoms with Crippen LogP contribution in [0.1, 0.15) is 12.0 Å². The average molecular weight is 257 g/mol. The third-order valence-electron chi connectivity index (χ3n) is 2.97. The summed E-state index contributed by atoms with van der Waals surface area (Å²) < 4.78 is 5.70. The van der Waals surface area contributed by atoms with Crippen LogP contribution >= 0.6 is 12.4 Å². The molecule has 1 fully saturated rings. The second-order valence-corrected chi connectivity index (χ2v) is 4.51. The molecule has 0 saturated carbocycles. The number of hydrogen-bond acceptors (Lipinski definition) is 3. The summed E-state index contributed by atoms with van der Waals surface area (Å²) >= 11 is 0. The minimum absolute atomic E-state index is 0. The van der Waals surface area contributed by atoms with E-state index in [1.54, 1.807) is 0 Å². The zero-order valence-electron chi connectivity index (χ0n) is 10.3. The van der Waals surface area contributed by atoms with Crippen molar-refractivity contribution in [3.63, 3.8) is 0 Å². The Morgan fingerprint density at radius 3 is 2.94 bits per heavy atom. The zero-order chi connectivity index (χ0) is 11.4. The number of halogens is 1. The van der Waals surface area contributed by atoms with Gasteiger partial charge in [-0.2, -0.15) is 0 Å². The van der Waals surface area contributed by atoms with Crippen LogP contribution in [0.2, 0.25) is 0 Å². The van der Waals surface area contributed by atoms with Crippen LogP contribution in [0.25, 0.3) is 0 Å². The first-order valence-electron chi connectivity index (χ1n) is 5.91. The Labute approximate surface area is 109 Å². The number of hydrogen-bond donors (Lipinski definition) is 1. The van der Waals surface area contributed by atoms with Gasteiger partial charge in [-0.05, 0) is 37.6 Å². The lowest BCUT2D eigenvalue weighted by Crippen LogP contribution is -2.29. The summed E-state index contributed by atoms with van der Waals surface area (Å²) in [6.07, 6.45) is 1.12. The van der Waals surface area contributed by atoms with E-state index in [0.29, 0.717) is 6.04 Å². The number of nitrogens with two attached hydrogens (primary N) is 1. The van der Waals surface area contributed by atoms with Gasteiger partial charge in [0.05, 0.1) is 0 Å². The molecule has 0 aromatic heterocycles. The molecule has 1 saturated heterocycles. The smallest absolute Gasteiger partial charge is 0.119 e. The molecule has 1 aromatic rings. The Kier molecular flexibility index (Phi) is 5.75. The minimum Gasteiger partial charge on any atom is -0.492 e. The predicted molar refractivity (Wildman–Crippen MR) is 73.0 cm³/mol. The van der Waals surface area contributed by atoms with Gasteiger partial charge in [0, 0.05) is 19.1 Å². The molecule has 2 N–H and O–H groups in total. The molecule has 1 aliphatic heterocycles. The van der Waals surface area contributed by atoms with Gasteiger partial charge in [0.1, 0.15) is 12.4 Å². The van der Waals surface area contributed by atoms with Crippen LogP contribution in [0.15, 0.2) is 24.3 Å². The van der Waals surface area contributed by atoms with Crippen molar-refractivity contribution in [3.05, 3.63) is 29.8 Å². The lowest BCUT2D eigenvalue weighted by molar-refractivity contribution is 0.236. The summed E-state index contributed by atoms with van der Waals surface area (Å²) in [5.74, 6) is 0.962. The fraction of sp³-hybridized carbons (Fsp3) is 0.538. The first kappa shape index (κ1) is 14.3. The quantitative estimate of drug-likeness (QED) is 0.893.